The highest BCUT2D eigenvalue weighted by molar-refractivity contribution is 5.72. The van der Waals surface area contributed by atoms with Crippen LogP contribution in [0.5, 0.6) is 0 Å². The molecule has 1 atom stereocenters. The van der Waals surface area contributed by atoms with Crippen molar-refractivity contribution in [2.45, 2.75) is 59.0 Å². The third-order valence-electron chi connectivity index (χ3n) is 2.20. The van der Waals surface area contributed by atoms with Gasteiger partial charge in [0.1, 0.15) is 6.10 Å². The molecule has 0 rings (SSSR count). The molecule has 0 aliphatic carbocycles. The molecule has 94 valence electrons. The number of rotatable bonds is 8. The third kappa shape index (κ3) is 7.26. The van der Waals surface area contributed by atoms with Gasteiger partial charge in [-0.15, -0.1) is 0 Å². The summed E-state index contributed by atoms with van der Waals surface area (Å²) in [5.74, 6) is -0.558. The van der Waals surface area contributed by atoms with E-state index in [-0.39, 0.29) is 24.5 Å². The quantitative estimate of drug-likeness (QED) is 0.475. The van der Waals surface area contributed by atoms with E-state index in [1.54, 1.807) is 6.92 Å². The molecule has 0 aliphatic rings. The van der Waals surface area contributed by atoms with Crippen molar-refractivity contribution >= 4 is 11.9 Å². The predicted octanol–water partition coefficient (Wildman–Crippen LogP) is 2.45. The van der Waals surface area contributed by atoms with E-state index in [0.29, 0.717) is 19.4 Å². The van der Waals surface area contributed by atoms with Gasteiger partial charge in [-0.2, -0.15) is 0 Å². The zero-order valence-corrected chi connectivity index (χ0v) is 10.5. The second-order valence-electron chi connectivity index (χ2n) is 3.65. The van der Waals surface area contributed by atoms with Crippen LogP contribution in [0, 0.1) is 0 Å². The molecule has 0 spiro atoms. The highest BCUT2D eigenvalue weighted by Gasteiger charge is 2.16. The molecule has 4 heteroatoms. The van der Waals surface area contributed by atoms with Crippen molar-refractivity contribution in [1.82, 2.24) is 0 Å². The number of esters is 2. The first-order valence-electron chi connectivity index (χ1n) is 5.99. The zero-order chi connectivity index (χ0) is 12.4. The summed E-state index contributed by atoms with van der Waals surface area (Å²) in [6.07, 6.45) is 2.65. The largest absolute Gasteiger partial charge is 0.466 e. The lowest BCUT2D eigenvalue weighted by atomic mass is 10.2. The predicted molar refractivity (Wildman–Crippen MR) is 60.9 cm³/mol. The Balaban J connectivity index is 3.83. The fourth-order valence-corrected chi connectivity index (χ4v) is 1.11. The Kier molecular flexibility index (Phi) is 8.58. The molecule has 0 bridgehead atoms. The summed E-state index contributed by atoms with van der Waals surface area (Å²) >= 11 is 0. The standard InChI is InChI=1S/C12H22O4/c1-4-7-8-15-12(14)9-10(5-2)16-11(13)6-3/h10H,4-9H2,1-3H3. The van der Waals surface area contributed by atoms with Crippen LogP contribution < -0.4 is 0 Å². The van der Waals surface area contributed by atoms with Gasteiger partial charge < -0.3 is 9.47 Å². The van der Waals surface area contributed by atoms with E-state index in [1.165, 1.54) is 0 Å². The van der Waals surface area contributed by atoms with Gasteiger partial charge in [0.2, 0.25) is 0 Å². The minimum absolute atomic E-state index is 0.159. The van der Waals surface area contributed by atoms with Crippen LogP contribution in [0.15, 0.2) is 0 Å². The lowest BCUT2D eigenvalue weighted by Crippen LogP contribution is -2.22. The summed E-state index contributed by atoms with van der Waals surface area (Å²) in [5.41, 5.74) is 0. The third-order valence-corrected chi connectivity index (χ3v) is 2.20. The van der Waals surface area contributed by atoms with Gasteiger partial charge in [0, 0.05) is 6.42 Å². The van der Waals surface area contributed by atoms with E-state index >= 15 is 0 Å². The lowest BCUT2D eigenvalue weighted by molar-refractivity contribution is -0.155. The Bertz CT molecular complexity index is 213. The van der Waals surface area contributed by atoms with Crippen LogP contribution in [0.25, 0.3) is 0 Å². The van der Waals surface area contributed by atoms with Crippen LogP contribution in [0.4, 0.5) is 0 Å². The first-order chi connectivity index (χ1) is 7.63. The van der Waals surface area contributed by atoms with Gasteiger partial charge in [0.25, 0.3) is 0 Å². The molecule has 0 N–H and O–H groups in total. The van der Waals surface area contributed by atoms with Crippen LogP contribution in [0.1, 0.15) is 52.9 Å². The molecular formula is C12H22O4. The van der Waals surface area contributed by atoms with Gasteiger partial charge in [-0.05, 0) is 12.8 Å². The molecule has 1 unspecified atom stereocenters. The summed E-state index contributed by atoms with van der Waals surface area (Å²) in [7, 11) is 0. The summed E-state index contributed by atoms with van der Waals surface area (Å²) < 4.78 is 10.1. The van der Waals surface area contributed by atoms with Gasteiger partial charge in [0.15, 0.2) is 0 Å². The summed E-state index contributed by atoms with van der Waals surface area (Å²) in [6, 6.07) is 0. The number of unbranched alkanes of at least 4 members (excludes halogenated alkanes) is 1. The summed E-state index contributed by atoms with van der Waals surface area (Å²) in [4.78, 5) is 22.4. The maximum absolute atomic E-state index is 11.3. The molecule has 16 heavy (non-hydrogen) atoms. The van der Waals surface area contributed by atoms with Gasteiger partial charge in [0.05, 0.1) is 13.0 Å². The molecule has 4 nitrogen and oxygen atoms in total. The molecule has 0 radical (unpaired) electrons. The molecule has 0 aromatic rings. The highest BCUT2D eigenvalue weighted by atomic mass is 16.6. The van der Waals surface area contributed by atoms with Crippen molar-refractivity contribution in [3.63, 3.8) is 0 Å². The monoisotopic (exact) mass is 230 g/mol. The second-order valence-corrected chi connectivity index (χ2v) is 3.65. The van der Waals surface area contributed by atoms with Crippen molar-refractivity contribution in [3.8, 4) is 0 Å². The fourth-order valence-electron chi connectivity index (χ4n) is 1.11. The van der Waals surface area contributed by atoms with Crippen LogP contribution in [0.3, 0.4) is 0 Å². The molecule has 0 aromatic carbocycles. The van der Waals surface area contributed by atoms with Crippen LogP contribution in [0.2, 0.25) is 0 Å². The van der Waals surface area contributed by atoms with Gasteiger partial charge in [-0.25, -0.2) is 0 Å². The Morgan fingerprint density at radius 3 is 2.31 bits per heavy atom. The number of carbonyl (C=O) groups is 2. The Labute approximate surface area is 97.3 Å². The molecule has 0 fully saturated rings. The first-order valence-corrected chi connectivity index (χ1v) is 5.99. The van der Waals surface area contributed by atoms with E-state index in [1.807, 2.05) is 13.8 Å². The number of hydrogen-bond donors (Lipinski definition) is 0. The van der Waals surface area contributed by atoms with Gasteiger partial charge >= 0.3 is 11.9 Å². The van der Waals surface area contributed by atoms with Gasteiger partial charge in [-0.3, -0.25) is 9.59 Å². The second kappa shape index (κ2) is 9.19. The smallest absolute Gasteiger partial charge is 0.309 e. The average Bonchev–Trinajstić information content (AvgIpc) is 2.28. The normalized spacial score (nSPS) is 11.9. The molecule has 0 amide bonds. The molecule has 0 heterocycles. The minimum atomic E-state index is -0.346. The molecular weight excluding hydrogens is 208 g/mol. The van der Waals surface area contributed by atoms with Gasteiger partial charge in [-0.1, -0.05) is 27.2 Å². The topological polar surface area (TPSA) is 52.6 Å². The average molecular weight is 230 g/mol. The Morgan fingerprint density at radius 1 is 1.12 bits per heavy atom. The van der Waals surface area contributed by atoms with Crippen molar-refractivity contribution in [2.24, 2.45) is 0 Å². The number of hydrogen-bond acceptors (Lipinski definition) is 4. The highest BCUT2D eigenvalue weighted by Crippen LogP contribution is 2.07. The maximum Gasteiger partial charge on any atom is 0.309 e. The zero-order valence-electron chi connectivity index (χ0n) is 10.5. The Morgan fingerprint density at radius 2 is 1.81 bits per heavy atom. The molecule has 0 aliphatic heterocycles. The van der Waals surface area contributed by atoms with Crippen molar-refractivity contribution in [1.29, 1.82) is 0 Å². The molecule has 0 saturated carbocycles. The van der Waals surface area contributed by atoms with E-state index in [2.05, 4.69) is 0 Å². The maximum atomic E-state index is 11.3. The first kappa shape index (κ1) is 14.9. The number of ether oxygens (including phenoxy) is 2. The summed E-state index contributed by atoms with van der Waals surface area (Å²) in [5, 5.41) is 0. The van der Waals surface area contributed by atoms with E-state index in [9.17, 15) is 9.59 Å². The Hall–Kier alpha value is -1.06. The fraction of sp³-hybridized carbons (Fsp3) is 0.833. The van der Waals surface area contributed by atoms with Crippen molar-refractivity contribution in [2.75, 3.05) is 6.61 Å². The summed E-state index contributed by atoms with van der Waals surface area (Å²) in [6.45, 7) is 6.10. The van der Waals surface area contributed by atoms with Crippen molar-refractivity contribution in [3.05, 3.63) is 0 Å². The molecule has 0 aromatic heterocycles. The molecule has 0 saturated heterocycles. The van der Waals surface area contributed by atoms with E-state index in [4.69, 9.17) is 9.47 Å². The SMILES string of the molecule is CCCCOC(=O)CC(CC)OC(=O)CC. The number of carbonyl (C=O) groups excluding carboxylic acids is 2. The van der Waals surface area contributed by atoms with Crippen LogP contribution in [-0.4, -0.2) is 24.6 Å². The lowest BCUT2D eigenvalue weighted by Gasteiger charge is -2.14. The van der Waals surface area contributed by atoms with E-state index in [0.717, 1.165) is 12.8 Å². The van der Waals surface area contributed by atoms with Crippen molar-refractivity contribution < 1.29 is 19.1 Å². The van der Waals surface area contributed by atoms with E-state index < -0.39 is 0 Å². The minimum Gasteiger partial charge on any atom is -0.466 e. The van der Waals surface area contributed by atoms with Crippen LogP contribution >= 0.6 is 0 Å². The van der Waals surface area contributed by atoms with Crippen LogP contribution in [-0.2, 0) is 19.1 Å².